The molecule has 0 bridgehead atoms. The molecule has 0 aromatic heterocycles. The Kier molecular flexibility index (Phi) is 4.56. The molecule has 1 aliphatic heterocycles. The van der Waals surface area contributed by atoms with Crippen molar-refractivity contribution in [3.8, 4) is 0 Å². The van der Waals surface area contributed by atoms with Crippen molar-refractivity contribution >= 4 is 17.7 Å². The Labute approximate surface area is 136 Å². The molecule has 0 atom stereocenters. The minimum absolute atomic E-state index is 0.219. The predicted octanol–water partition coefficient (Wildman–Crippen LogP) is 1.03. The highest BCUT2D eigenvalue weighted by Crippen LogP contribution is 2.24. The summed E-state index contributed by atoms with van der Waals surface area (Å²) in [4.78, 5) is 39.6. The lowest BCUT2D eigenvalue weighted by atomic mass is 9.93. The molecule has 0 radical (unpaired) electrons. The second-order valence-corrected chi connectivity index (χ2v) is 6.86. The molecule has 0 spiro atoms. The quantitative estimate of drug-likeness (QED) is 0.822. The number of hydrogen-bond acceptors (Lipinski definition) is 4. The van der Waals surface area contributed by atoms with Crippen LogP contribution in [0.3, 0.4) is 0 Å². The second kappa shape index (κ2) is 6.12. The van der Waals surface area contributed by atoms with E-state index in [0.29, 0.717) is 24.2 Å². The normalized spacial score (nSPS) is 14.2. The number of carbonyl (C=O) groups is 3. The Bertz CT molecular complexity index is 667. The topological polar surface area (TPSA) is 83.7 Å². The zero-order valence-electron chi connectivity index (χ0n) is 14.0. The van der Waals surface area contributed by atoms with Crippen LogP contribution in [0.25, 0.3) is 0 Å². The van der Waals surface area contributed by atoms with Gasteiger partial charge in [0, 0.05) is 13.6 Å². The van der Waals surface area contributed by atoms with Crippen LogP contribution in [0.1, 0.15) is 40.1 Å². The average Bonchev–Trinajstić information content (AvgIpc) is 2.71. The van der Waals surface area contributed by atoms with Crippen LogP contribution < -0.4 is 5.73 Å². The van der Waals surface area contributed by atoms with E-state index in [0.717, 1.165) is 10.5 Å². The van der Waals surface area contributed by atoms with Crippen molar-refractivity contribution in [2.24, 2.45) is 11.1 Å². The van der Waals surface area contributed by atoms with Crippen molar-refractivity contribution in [1.29, 1.82) is 0 Å². The van der Waals surface area contributed by atoms with Crippen LogP contribution in [0.5, 0.6) is 0 Å². The van der Waals surface area contributed by atoms with Crippen molar-refractivity contribution in [3.63, 3.8) is 0 Å². The zero-order chi connectivity index (χ0) is 17.4. The maximum Gasteiger partial charge on any atom is 0.262 e. The maximum atomic E-state index is 12.4. The number of likely N-dealkylation sites (N-methyl/N-ethyl adjacent to an activating group) is 1. The highest BCUT2D eigenvalue weighted by atomic mass is 16.2. The predicted molar refractivity (Wildman–Crippen MR) is 87.0 cm³/mol. The van der Waals surface area contributed by atoms with E-state index in [1.54, 1.807) is 25.2 Å². The summed E-state index contributed by atoms with van der Waals surface area (Å²) in [6.45, 7) is 6.43. The van der Waals surface area contributed by atoms with Gasteiger partial charge in [-0.1, -0.05) is 25.5 Å². The molecule has 0 aliphatic carbocycles. The van der Waals surface area contributed by atoms with Crippen molar-refractivity contribution in [1.82, 2.24) is 9.80 Å². The van der Waals surface area contributed by atoms with Crippen LogP contribution in [-0.4, -0.2) is 54.2 Å². The van der Waals surface area contributed by atoms with Gasteiger partial charge in [-0.3, -0.25) is 19.3 Å². The number of imide groups is 1. The lowest BCUT2D eigenvalue weighted by molar-refractivity contribution is -0.131. The minimum Gasteiger partial charge on any atom is -0.344 e. The second-order valence-electron chi connectivity index (χ2n) is 6.86. The van der Waals surface area contributed by atoms with Gasteiger partial charge < -0.3 is 10.6 Å². The molecule has 1 aliphatic rings. The first kappa shape index (κ1) is 17.1. The summed E-state index contributed by atoms with van der Waals surface area (Å²) in [6, 6.07) is 5.10. The van der Waals surface area contributed by atoms with Crippen molar-refractivity contribution < 1.29 is 14.4 Å². The van der Waals surface area contributed by atoms with Crippen molar-refractivity contribution in [2.45, 2.75) is 20.8 Å². The Morgan fingerprint density at radius 2 is 1.83 bits per heavy atom. The first-order valence-electron chi connectivity index (χ1n) is 7.57. The van der Waals surface area contributed by atoms with E-state index in [9.17, 15) is 14.4 Å². The Hall–Kier alpha value is -2.21. The molecular weight excluding hydrogens is 294 g/mol. The van der Waals surface area contributed by atoms with Gasteiger partial charge in [0.15, 0.2) is 0 Å². The van der Waals surface area contributed by atoms with Crippen LogP contribution in [-0.2, 0) is 4.79 Å². The van der Waals surface area contributed by atoms with E-state index >= 15 is 0 Å². The Balaban J connectivity index is 2.11. The highest BCUT2D eigenvalue weighted by Gasteiger charge is 2.37. The summed E-state index contributed by atoms with van der Waals surface area (Å²) < 4.78 is 0. The zero-order valence-corrected chi connectivity index (χ0v) is 14.0. The van der Waals surface area contributed by atoms with E-state index in [2.05, 4.69) is 0 Å². The number of rotatable bonds is 5. The summed E-state index contributed by atoms with van der Waals surface area (Å²) >= 11 is 0. The third-order valence-corrected chi connectivity index (χ3v) is 4.06. The molecule has 1 aromatic rings. The third-order valence-electron chi connectivity index (χ3n) is 4.06. The third kappa shape index (κ3) is 3.42. The van der Waals surface area contributed by atoms with Gasteiger partial charge in [-0.15, -0.1) is 0 Å². The van der Waals surface area contributed by atoms with Gasteiger partial charge in [0.25, 0.3) is 11.8 Å². The molecule has 0 fully saturated rings. The van der Waals surface area contributed by atoms with E-state index in [-0.39, 0.29) is 17.9 Å². The van der Waals surface area contributed by atoms with Gasteiger partial charge >= 0.3 is 0 Å². The Morgan fingerprint density at radius 3 is 2.43 bits per heavy atom. The number of carbonyl (C=O) groups excluding carboxylic acids is 3. The SMILES string of the molecule is Cc1ccc2c(c1)C(=O)N(CC(=O)N(C)CC(C)(C)CN)C2=O. The lowest BCUT2D eigenvalue weighted by Crippen LogP contribution is -2.45. The fraction of sp³-hybridized carbons (Fsp3) is 0.471. The summed E-state index contributed by atoms with van der Waals surface area (Å²) in [5.41, 5.74) is 7.09. The summed E-state index contributed by atoms with van der Waals surface area (Å²) in [6.07, 6.45) is 0. The number of aryl methyl sites for hydroxylation is 1. The molecule has 6 nitrogen and oxygen atoms in total. The van der Waals surface area contributed by atoms with Crippen LogP contribution in [0, 0.1) is 12.3 Å². The number of fused-ring (bicyclic) bond motifs is 1. The highest BCUT2D eigenvalue weighted by molar-refractivity contribution is 6.22. The summed E-state index contributed by atoms with van der Waals surface area (Å²) in [7, 11) is 1.65. The largest absolute Gasteiger partial charge is 0.344 e. The molecule has 124 valence electrons. The standard InChI is InChI=1S/C17H23N3O3/c1-11-5-6-12-13(7-11)16(23)20(15(12)22)8-14(21)19(4)10-17(2,3)9-18/h5-7H,8-10,18H2,1-4H3. The van der Waals surface area contributed by atoms with Gasteiger partial charge in [0.2, 0.25) is 5.91 Å². The van der Waals surface area contributed by atoms with Gasteiger partial charge in [-0.25, -0.2) is 0 Å². The molecule has 6 heteroatoms. The molecule has 0 saturated heterocycles. The number of hydrogen-bond donors (Lipinski definition) is 1. The van der Waals surface area contributed by atoms with Gasteiger partial charge in [-0.05, 0) is 31.0 Å². The van der Waals surface area contributed by atoms with E-state index in [1.165, 1.54) is 4.90 Å². The van der Waals surface area contributed by atoms with Crippen molar-refractivity contribution in [2.75, 3.05) is 26.7 Å². The number of nitrogens with zero attached hydrogens (tertiary/aromatic N) is 2. The number of amides is 3. The lowest BCUT2D eigenvalue weighted by Gasteiger charge is -2.29. The van der Waals surface area contributed by atoms with E-state index in [1.807, 2.05) is 20.8 Å². The van der Waals surface area contributed by atoms with E-state index < -0.39 is 11.8 Å². The minimum atomic E-state index is -0.412. The number of benzene rings is 1. The van der Waals surface area contributed by atoms with Gasteiger partial charge in [0.1, 0.15) is 6.54 Å². The molecule has 1 aromatic carbocycles. The van der Waals surface area contributed by atoms with Crippen LogP contribution >= 0.6 is 0 Å². The fourth-order valence-electron chi connectivity index (χ4n) is 2.60. The Morgan fingerprint density at radius 1 is 1.22 bits per heavy atom. The molecule has 2 N–H and O–H groups in total. The van der Waals surface area contributed by atoms with Gasteiger partial charge in [-0.2, -0.15) is 0 Å². The monoisotopic (exact) mass is 317 g/mol. The van der Waals surface area contributed by atoms with Crippen molar-refractivity contribution in [3.05, 3.63) is 34.9 Å². The van der Waals surface area contributed by atoms with E-state index in [4.69, 9.17) is 5.73 Å². The fourth-order valence-corrected chi connectivity index (χ4v) is 2.60. The molecule has 23 heavy (non-hydrogen) atoms. The maximum absolute atomic E-state index is 12.4. The van der Waals surface area contributed by atoms with Crippen LogP contribution in [0.4, 0.5) is 0 Å². The molecule has 0 unspecified atom stereocenters. The summed E-state index contributed by atoms with van der Waals surface area (Å²) in [5, 5.41) is 0. The molecule has 3 amide bonds. The molecule has 1 heterocycles. The molecule has 2 rings (SSSR count). The number of nitrogens with two attached hydrogens (primary N) is 1. The summed E-state index contributed by atoms with van der Waals surface area (Å²) in [5.74, 6) is -1.10. The van der Waals surface area contributed by atoms with Crippen LogP contribution in [0.2, 0.25) is 0 Å². The first-order chi connectivity index (χ1) is 10.7. The molecular formula is C17H23N3O3. The smallest absolute Gasteiger partial charge is 0.262 e. The van der Waals surface area contributed by atoms with Crippen LogP contribution in [0.15, 0.2) is 18.2 Å². The van der Waals surface area contributed by atoms with Gasteiger partial charge in [0.05, 0.1) is 11.1 Å². The average molecular weight is 317 g/mol. The molecule has 0 saturated carbocycles. The first-order valence-corrected chi connectivity index (χ1v) is 7.57.